The molecule has 3 heteroatoms. The van der Waals surface area contributed by atoms with Crippen molar-refractivity contribution in [1.82, 2.24) is 4.90 Å². The monoisotopic (exact) mass is 239 g/mol. The van der Waals surface area contributed by atoms with Gasteiger partial charge in [-0.3, -0.25) is 9.59 Å². The molecule has 0 N–H and O–H groups in total. The average molecular weight is 239 g/mol. The summed E-state index contributed by atoms with van der Waals surface area (Å²) in [5.41, 5.74) is -0.521. The van der Waals surface area contributed by atoms with Gasteiger partial charge in [-0.2, -0.15) is 0 Å². The van der Waals surface area contributed by atoms with Gasteiger partial charge in [0, 0.05) is 18.0 Å². The SMILES string of the molecule is CCC1CCCCN1C(=O)C(=O)C(C)(C)CC. The summed E-state index contributed by atoms with van der Waals surface area (Å²) in [6, 6.07) is 0.271. The molecule has 1 rings (SSSR count). The summed E-state index contributed by atoms with van der Waals surface area (Å²) < 4.78 is 0. The summed E-state index contributed by atoms with van der Waals surface area (Å²) in [6.07, 6.45) is 4.91. The quantitative estimate of drug-likeness (QED) is 0.707. The third kappa shape index (κ3) is 3.08. The Hall–Kier alpha value is -0.860. The lowest BCUT2D eigenvalue weighted by Crippen LogP contribution is -2.49. The molecule has 1 atom stereocenters. The molecule has 0 spiro atoms. The lowest BCUT2D eigenvalue weighted by molar-refractivity contribution is -0.151. The summed E-state index contributed by atoms with van der Waals surface area (Å²) in [4.78, 5) is 26.2. The Morgan fingerprint density at radius 2 is 1.88 bits per heavy atom. The number of rotatable bonds is 4. The fourth-order valence-corrected chi connectivity index (χ4v) is 2.27. The number of hydrogen-bond acceptors (Lipinski definition) is 2. The van der Waals surface area contributed by atoms with E-state index in [1.807, 2.05) is 25.7 Å². The van der Waals surface area contributed by atoms with E-state index in [9.17, 15) is 9.59 Å². The van der Waals surface area contributed by atoms with Gasteiger partial charge in [0.2, 0.25) is 5.78 Å². The van der Waals surface area contributed by atoms with Crippen molar-refractivity contribution in [1.29, 1.82) is 0 Å². The molecule has 0 aliphatic carbocycles. The fourth-order valence-electron chi connectivity index (χ4n) is 2.27. The Bertz CT molecular complexity index is 297. The van der Waals surface area contributed by atoms with E-state index in [2.05, 4.69) is 6.92 Å². The highest BCUT2D eigenvalue weighted by Crippen LogP contribution is 2.25. The summed E-state index contributed by atoms with van der Waals surface area (Å²) in [5, 5.41) is 0. The van der Waals surface area contributed by atoms with Crippen LogP contribution in [0.25, 0.3) is 0 Å². The molecule has 98 valence electrons. The molecule has 0 bridgehead atoms. The van der Waals surface area contributed by atoms with Gasteiger partial charge in [-0.15, -0.1) is 0 Å². The van der Waals surface area contributed by atoms with Crippen LogP contribution in [0.15, 0.2) is 0 Å². The molecular weight excluding hydrogens is 214 g/mol. The van der Waals surface area contributed by atoms with Gasteiger partial charge in [-0.1, -0.05) is 27.7 Å². The van der Waals surface area contributed by atoms with Gasteiger partial charge in [0.1, 0.15) is 0 Å². The molecule has 1 amide bonds. The minimum absolute atomic E-state index is 0.222. The number of amides is 1. The van der Waals surface area contributed by atoms with E-state index in [-0.39, 0.29) is 17.7 Å². The fraction of sp³-hybridized carbons (Fsp3) is 0.857. The molecule has 0 aromatic heterocycles. The number of ketones is 1. The highest BCUT2D eigenvalue weighted by molar-refractivity contribution is 6.38. The van der Waals surface area contributed by atoms with Crippen molar-refractivity contribution < 1.29 is 9.59 Å². The summed E-state index contributed by atoms with van der Waals surface area (Å²) >= 11 is 0. The third-order valence-corrected chi connectivity index (χ3v) is 4.05. The molecule has 0 aromatic carbocycles. The van der Waals surface area contributed by atoms with Gasteiger partial charge >= 0.3 is 0 Å². The van der Waals surface area contributed by atoms with Crippen LogP contribution in [-0.2, 0) is 9.59 Å². The maximum Gasteiger partial charge on any atom is 0.290 e. The van der Waals surface area contributed by atoms with Crippen molar-refractivity contribution in [2.45, 2.75) is 65.8 Å². The van der Waals surface area contributed by atoms with Gasteiger partial charge in [-0.05, 0) is 32.1 Å². The van der Waals surface area contributed by atoms with Crippen molar-refractivity contribution in [2.75, 3.05) is 6.54 Å². The highest BCUT2D eigenvalue weighted by atomic mass is 16.2. The Morgan fingerprint density at radius 1 is 1.24 bits per heavy atom. The predicted octanol–water partition coefficient (Wildman–Crippen LogP) is 2.78. The molecule has 17 heavy (non-hydrogen) atoms. The maximum atomic E-state index is 12.2. The minimum atomic E-state index is -0.521. The van der Waals surface area contributed by atoms with Gasteiger partial charge < -0.3 is 4.90 Å². The van der Waals surface area contributed by atoms with E-state index in [0.29, 0.717) is 6.42 Å². The lowest BCUT2D eigenvalue weighted by Gasteiger charge is -2.36. The molecule has 1 saturated heterocycles. The summed E-state index contributed by atoms with van der Waals surface area (Å²) in [7, 11) is 0. The van der Waals surface area contributed by atoms with E-state index in [4.69, 9.17) is 0 Å². The number of piperidine rings is 1. The van der Waals surface area contributed by atoms with Gasteiger partial charge in [0.25, 0.3) is 5.91 Å². The van der Waals surface area contributed by atoms with E-state index < -0.39 is 5.41 Å². The average Bonchev–Trinajstić information content (AvgIpc) is 2.36. The van der Waals surface area contributed by atoms with Crippen LogP contribution < -0.4 is 0 Å². The van der Waals surface area contributed by atoms with Crippen LogP contribution >= 0.6 is 0 Å². The Kier molecular flexibility index (Phi) is 4.72. The molecule has 3 nitrogen and oxygen atoms in total. The van der Waals surface area contributed by atoms with Gasteiger partial charge in [-0.25, -0.2) is 0 Å². The number of hydrogen-bond donors (Lipinski definition) is 0. The molecule has 1 aliphatic heterocycles. The first-order valence-corrected chi connectivity index (χ1v) is 6.79. The van der Waals surface area contributed by atoms with Crippen LogP contribution in [0.1, 0.15) is 59.8 Å². The molecular formula is C14H25NO2. The van der Waals surface area contributed by atoms with Gasteiger partial charge in [0.05, 0.1) is 0 Å². The molecule has 1 fully saturated rings. The second-order valence-electron chi connectivity index (χ2n) is 5.62. The normalized spacial score (nSPS) is 21.4. The predicted molar refractivity (Wildman–Crippen MR) is 68.7 cm³/mol. The van der Waals surface area contributed by atoms with E-state index in [1.54, 1.807) is 0 Å². The number of nitrogens with zero attached hydrogens (tertiary/aromatic N) is 1. The maximum absolute atomic E-state index is 12.2. The smallest absolute Gasteiger partial charge is 0.290 e. The first kappa shape index (κ1) is 14.2. The van der Waals surface area contributed by atoms with Crippen molar-refractivity contribution in [3.8, 4) is 0 Å². The van der Waals surface area contributed by atoms with Crippen molar-refractivity contribution in [2.24, 2.45) is 5.41 Å². The number of carbonyl (C=O) groups excluding carboxylic acids is 2. The van der Waals surface area contributed by atoms with Crippen molar-refractivity contribution in [3.63, 3.8) is 0 Å². The number of likely N-dealkylation sites (tertiary alicyclic amines) is 1. The van der Waals surface area contributed by atoms with Crippen molar-refractivity contribution >= 4 is 11.7 Å². The largest absolute Gasteiger partial charge is 0.333 e. The highest BCUT2D eigenvalue weighted by Gasteiger charge is 2.36. The first-order chi connectivity index (χ1) is 7.94. The first-order valence-electron chi connectivity index (χ1n) is 6.79. The van der Waals surface area contributed by atoms with Crippen LogP contribution in [0.5, 0.6) is 0 Å². The molecule has 1 heterocycles. The molecule has 0 aromatic rings. The van der Waals surface area contributed by atoms with E-state index in [0.717, 1.165) is 25.8 Å². The minimum Gasteiger partial charge on any atom is -0.333 e. The number of carbonyl (C=O) groups is 2. The third-order valence-electron chi connectivity index (χ3n) is 4.05. The van der Waals surface area contributed by atoms with Crippen LogP contribution in [0.3, 0.4) is 0 Å². The van der Waals surface area contributed by atoms with E-state index >= 15 is 0 Å². The second kappa shape index (κ2) is 5.65. The Balaban J connectivity index is 2.77. The molecule has 0 radical (unpaired) electrons. The van der Waals surface area contributed by atoms with Crippen LogP contribution in [0.2, 0.25) is 0 Å². The molecule has 1 aliphatic rings. The Morgan fingerprint density at radius 3 is 2.41 bits per heavy atom. The molecule has 1 unspecified atom stereocenters. The zero-order chi connectivity index (χ0) is 13.1. The van der Waals surface area contributed by atoms with Crippen LogP contribution in [-0.4, -0.2) is 29.2 Å². The topological polar surface area (TPSA) is 37.4 Å². The lowest BCUT2D eigenvalue weighted by atomic mass is 9.84. The second-order valence-corrected chi connectivity index (χ2v) is 5.62. The standard InChI is InChI=1S/C14H25NO2/c1-5-11-9-7-8-10-15(11)13(17)12(16)14(3,4)6-2/h11H,5-10H2,1-4H3. The molecule has 0 saturated carbocycles. The van der Waals surface area contributed by atoms with Gasteiger partial charge in [0.15, 0.2) is 0 Å². The number of Topliss-reactive ketones (excluding diaryl/α,β-unsaturated/α-hetero) is 1. The van der Waals surface area contributed by atoms with Crippen LogP contribution in [0.4, 0.5) is 0 Å². The van der Waals surface area contributed by atoms with E-state index in [1.165, 1.54) is 6.42 Å². The van der Waals surface area contributed by atoms with Crippen LogP contribution in [0, 0.1) is 5.41 Å². The van der Waals surface area contributed by atoms with Crippen molar-refractivity contribution in [3.05, 3.63) is 0 Å². The summed E-state index contributed by atoms with van der Waals surface area (Å²) in [5.74, 6) is -0.483. The zero-order valence-electron chi connectivity index (χ0n) is 11.6. The zero-order valence-corrected chi connectivity index (χ0v) is 11.6. The Labute approximate surface area is 105 Å². The summed E-state index contributed by atoms with van der Waals surface area (Å²) in [6.45, 7) is 8.52.